The SMILES string of the molecule is O=C(Cc1csc(SCc2ccc(Br)cc2)n1)NCc1ccccc1Cl. The fraction of sp³-hybridized carbons (Fsp3) is 0.158. The molecule has 0 saturated heterocycles. The third-order valence-corrected chi connectivity index (χ3v) is 6.62. The van der Waals surface area contributed by atoms with Crippen LogP contribution in [-0.2, 0) is 23.5 Å². The zero-order valence-electron chi connectivity index (χ0n) is 13.7. The Morgan fingerprint density at radius 3 is 2.73 bits per heavy atom. The molecule has 1 aromatic heterocycles. The molecule has 0 spiro atoms. The first kappa shape index (κ1) is 19.4. The van der Waals surface area contributed by atoms with E-state index in [1.54, 1.807) is 23.1 Å². The van der Waals surface area contributed by atoms with Crippen LogP contribution in [0.15, 0.2) is 62.7 Å². The molecule has 1 N–H and O–H groups in total. The van der Waals surface area contributed by atoms with Crippen LogP contribution in [0.5, 0.6) is 0 Å². The summed E-state index contributed by atoms with van der Waals surface area (Å²) in [7, 11) is 0. The van der Waals surface area contributed by atoms with Crippen molar-refractivity contribution in [2.24, 2.45) is 0 Å². The van der Waals surface area contributed by atoms with Gasteiger partial charge in [0.15, 0.2) is 0 Å². The van der Waals surface area contributed by atoms with E-state index in [-0.39, 0.29) is 12.3 Å². The highest BCUT2D eigenvalue weighted by molar-refractivity contribution is 9.10. The van der Waals surface area contributed by atoms with E-state index in [1.807, 2.05) is 41.8 Å². The lowest BCUT2D eigenvalue weighted by molar-refractivity contribution is -0.120. The normalized spacial score (nSPS) is 10.7. The number of carbonyl (C=O) groups excluding carboxylic acids is 1. The molecule has 26 heavy (non-hydrogen) atoms. The lowest BCUT2D eigenvalue weighted by Gasteiger charge is -2.06. The van der Waals surface area contributed by atoms with Crippen LogP contribution in [0, 0.1) is 0 Å². The smallest absolute Gasteiger partial charge is 0.226 e. The van der Waals surface area contributed by atoms with Gasteiger partial charge in [-0.1, -0.05) is 69.6 Å². The number of nitrogens with zero attached hydrogens (tertiary/aromatic N) is 1. The molecular weight excluding hydrogens is 452 g/mol. The molecule has 0 saturated carbocycles. The van der Waals surface area contributed by atoms with E-state index in [0.29, 0.717) is 11.6 Å². The molecule has 0 bridgehead atoms. The Morgan fingerprint density at radius 1 is 1.19 bits per heavy atom. The highest BCUT2D eigenvalue weighted by Gasteiger charge is 2.09. The van der Waals surface area contributed by atoms with E-state index in [4.69, 9.17) is 11.6 Å². The average Bonchev–Trinajstić information content (AvgIpc) is 3.08. The quantitative estimate of drug-likeness (QED) is 0.453. The Hall–Kier alpha value is -1.34. The summed E-state index contributed by atoms with van der Waals surface area (Å²) in [5.74, 6) is 0.804. The molecule has 134 valence electrons. The summed E-state index contributed by atoms with van der Waals surface area (Å²) in [6.45, 7) is 0.424. The standard InChI is InChI=1S/C19H16BrClN2OS2/c20-15-7-5-13(6-8-15)11-25-19-23-16(12-26-19)9-18(24)22-10-14-3-1-2-4-17(14)21/h1-8,12H,9-11H2,(H,22,24). The van der Waals surface area contributed by atoms with Crippen molar-refractivity contribution in [1.82, 2.24) is 10.3 Å². The largest absolute Gasteiger partial charge is 0.352 e. The number of aromatic nitrogens is 1. The molecule has 0 aliphatic carbocycles. The number of rotatable bonds is 7. The van der Waals surface area contributed by atoms with E-state index in [1.165, 1.54) is 5.56 Å². The molecular formula is C19H16BrClN2OS2. The summed E-state index contributed by atoms with van der Waals surface area (Å²) in [5, 5.41) is 5.49. The summed E-state index contributed by atoms with van der Waals surface area (Å²) >= 11 is 12.8. The number of hydrogen-bond acceptors (Lipinski definition) is 4. The van der Waals surface area contributed by atoms with E-state index in [0.717, 1.165) is 25.8 Å². The Balaban J connectivity index is 1.47. The first-order valence-corrected chi connectivity index (χ1v) is 11.0. The summed E-state index contributed by atoms with van der Waals surface area (Å²) in [4.78, 5) is 16.7. The third kappa shape index (κ3) is 5.84. The van der Waals surface area contributed by atoms with Crippen LogP contribution < -0.4 is 5.32 Å². The molecule has 3 rings (SSSR count). The number of benzene rings is 2. The molecule has 0 fully saturated rings. The van der Waals surface area contributed by atoms with Gasteiger partial charge in [0.05, 0.1) is 12.1 Å². The second-order valence-corrected chi connectivity index (χ2v) is 8.97. The number of thiazole rings is 1. The number of halogens is 2. The zero-order chi connectivity index (χ0) is 18.4. The molecule has 0 atom stereocenters. The van der Waals surface area contributed by atoms with Gasteiger partial charge in [0.2, 0.25) is 5.91 Å². The van der Waals surface area contributed by atoms with Gasteiger partial charge < -0.3 is 5.32 Å². The van der Waals surface area contributed by atoms with Gasteiger partial charge in [-0.25, -0.2) is 4.98 Å². The van der Waals surface area contributed by atoms with Crippen molar-refractivity contribution in [1.29, 1.82) is 0 Å². The first-order valence-electron chi connectivity index (χ1n) is 7.92. The minimum absolute atomic E-state index is 0.0559. The van der Waals surface area contributed by atoms with Gasteiger partial charge in [-0.15, -0.1) is 11.3 Å². The van der Waals surface area contributed by atoms with E-state index in [9.17, 15) is 4.79 Å². The van der Waals surface area contributed by atoms with Crippen molar-refractivity contribution in [2.45, 2.75) is 23.1 Å². The number of thioether (sulfide) groups is 1. The summed E-state index contributed by atoms with van der Waals surface area (Å²) in [6, 6.07) is 15.8. The fourth-order valence-electron chi connectivity index (χ4n) is 2.22. The van der Waals surface area contributed by atoms with Gasteiger partial charge in [-0.05, 0) is 29.3 Å². The molecule has 0 aliphatic heterocycles. The Labute approximate surface area is 174 Å². The van der Waals surface area contributed by atoms with E-state index in [2.05, 4.69) is 38.4 Å². The highest BCUT2D eigenvalue weighted by atomic mass is 79.9. The number of amides is 1. The van der Waals surface area contributed by atoms with Crippen molar-refractivity contribution >= 4 is 56.5 Å². The highest BCUT2D eigenvalue weighted by Crippen LogP contribution is 2.27. The topological polar surface area (TPSA) is 42.0 Å². The molecule has 0 radical (unpaired) electrons. The van der Waals surface area contributed by atoms with Crippen LogP contribution in [0.4, 0.5) is 0 Å². The van der Waals surface area contributed by atoms with Gasteiger partial charge in [-0.2, -0.15) is 0 Å². The van der Waals surface area contributed by atoms with Gasteiger partial charge in [0.25, 0.3) is 0 Å². The fourth-order valence-corrected chi connectivity index (χ4v) is 4.49. The summed E-state index contributed by atoms with van der Waals surface area (Å²) < 4.78 is 2.05. The molecule has 7 heteroatoms. The molecule has 1 amide bonds. The van der Waals surface area contributed by atoms with Crippen LogP contribution in [0.1, 0.15) is 16.8 Å². The van der Waals surface area contributed by atoms with Gasteiger partial charge >= 0.3 is 0 Å². The summed E-state index contributed by atoms with van der Waals surface area (Å²) in [6.07, 6.45) is 0.278. The molecule has 1 heterocycles. The van der Waals surface area contributed by atoms with Crippen molar-refractivity contribution in [3.63, 3.8) is 0 Å². The predicted octanol–water partition coefficient (Wildman–Crippen LogP) is 5.71. The van der Waals surface area contributed by atoms with Gasteiger partial charge in [0, 0.05) is 27.2 Å². The average molecular weight is 468 g/mol. The van der Waals surface area contributed by atoms with E-state index >= 15 is 0 Å². The van der Waals surface area contributed by atoms with Crippen molar-refractivity contribution < 1.29 is 4.79 Å². The van der Waals surface area contributed by atoms with Crippen LogP contribution >= 0.6 is 50.6 Å². The molecule has 0 aliphatic rings. The molecule has 0 unspecified atom stereocenters. The lowest BCUT2D eigenvalue weighted by Crippen LogP contribution is -2.24. The minimum Gasteiger partial charge on any atom is -0.352 e. The van der Waals surface area contributed by atoms with Crippen molar-refractivity contribution in [2.75, 3.05) is 0 Å². The van der Waals surface area contributed by atoms with E-state index < -0.39 is 0 Å². The van der Waals surface area contributed by atoms with Crippen LogP contribution in [0.25, 0.3) is 0 Å². The van der Waals surface area contributed by atoms with Crippen LogP contribution in [0.3, 0.4) is 0 Å². The molecule has 3 nitrogen and oxygen atoms in total. The maximum absolute atomic E-state index is 12.1. The predicted molar refractivity (Wildman–Crippen MR) is 113 cm³/mol. The third-order valence-electron chi connectivity index (χ3n) is 3.58. The number of carbonyl (C=O) groups is 1. The van der Waals surface area contributed by atoms with Crippen LogP contribution in [0.2, 0.25) is 5.02 Å². The van der Waals surface area contributed by atoms with Crippen LogP contribution in [-0.4, -0.2) is 10.9 Å². The Bertz CT molecular complexity index is 883. The second-order valence-electron chi connectivity index (χ2n) is 5.56. The monoisotopic (exact) mass is 466 g/mol. The summed E-state index contributed by atoms with van der Waals surface area (Å²) in [5.41, 5.74) is 2.95. The first-order chi connectivity index (χ1) is 12.6. The maximum Gasteiger partial charge on any atom is 0.226 e. The van der Waals surface area contributed by atoms with Gasteiger partial charge in [-0.3, -0.25) is 4.79 Å². The Morgan fingerprint density at radius 2 is 1.96 bits per heavy atom. The maximum atomic E-state index is 12.1. The lowest BCUT2D eigenvalue weighted by atomic mass is 10.2. The van der Waals surface area contributed by atoms with Crippen molar-refractivity contribution in [3.8, 4) is 0 Å². The number of hydrogen-bond donors (Lipinski definition) is 1. The second kappa shape index (κ2) is 9.55. The number of nitrogens with one attached hydrogen (secondary N) is 1. The minimum atomic E-state index is -0.0559. The zero-order valence-corrected chi connectivity index (χ0v) is 17.7. The molecule has 2 aromatic carbocycles. The molecule has 3 aromatic rings. The van der Waals surface area contributed by atoms with Gasteiger partial charge in [0.1, 0.15) is 4.34 Å². The Kier molecular flexibility index (Phi) is 7.14. The van der Waals surface area contributed by atoms with Crippen molar-refractivity contribution in [3.05, 3.63) is 80.2 Å².